The van der Waals surface area contributed by atoms with Crippen LogP contribution < -0.4 is 10.6 Å². The number of benzene rings is 1. The normalized spacial score (nSPS) is 19.8. The third kappa shape index (κ3) is 3.41. The Morgan fingerprint density at radius 1 is 1.32 bits per heavy atom. The summed E-state index contributed by atoms with van der Waals surface area (Å²) < 4.78 is 1.78. The van der Waals surface area contributed by atoms with Crippen molar-refractivity contribution in [3.63, 3.8) is 0 Å². The van der Waals surface area contributed by atoms with E-state index in [1.807, 2.05) is 44.6 Å². The van der Waals surface area contributed by atoms with Crippen LogP contribution in [-0.4, -0.2) is 33.8 Å². The second kappa shape index (κ2) is 6.90. The van der Waals surface area contributed by atoms with E-state index in [1.54, 1.807) is 4.68 Å². The summed E-state index contributed by atoms with van der Waals surface area (Å²) in [5.41, 5.74) is 4.15. The maximum Gasteiger partial charge on any atom is 0.229 e. The molecule has 132 valence electrons. The maximum absolute atomic E-state index is 12.8. The van der Waals surface area contributed by atoms with Crippen LogP contribution in [0.1, 0.15) is 17.2 Å². The van der Waals surface area contributed by atoms with Gasteiger partial charge in [-0.25, -0.2) is 0 Å². The van der Waals surface area contributed by atoms with Gasteiger partial charge in [0.1, 0.15) is 0 Å². The van der Waals surface area contributed by atoms with E-state index in [9.17, 15) is 4.79 Å². The van der Waals surface area contributed by atoms with Crippen molar-refractivity contribution in [1.82, 2.24) is 20.1 Å². The van der Waals surface area contributed by atoms with Gasteiger partial charge in [0.25, 0.3) is 0 Å². The molecule has 1 aliphatic rings. The molecule has 0 saturated carbocycles. The van der Waals surface area contributed by atoms with Crippen LogP contribution in [-0.2, 0) is 11.8 Å². The quantitative estimate of drug-likeness (QED) is 0.672. The largest absolute Gasteiger partial charge is 0.359 e. The molecule has 6 nitrogen and oxygen atoms in total. The number of nitrogens with zero attached hydrogens (tertiary/aromatic N) is 2. The summed E-state index contributed by atoms with van der Waals surface area (Å²) >= 11 is 0. The van der Waals surface area contributed by atoms with E-state index in [1.165, 1.54) is 0 Å². The van der Waals surface area contributed by atoms with Gasteiger partial charge in [0.15, 0.2) is 0 Å². The molecule has 2 atom stereocenters. The monoisotopic (exact) mass is 359 g/mol. The topological polar surface area (TPSA) is 74.7 Å². The van der Waals surface area contributed by atoms with Crippen LogP contribution in [0, 0.1) is 12.8 Å². The van der Waals surface area contributed by atoms with Crippen LogP contribution >= 0.6 is 12.4 Å². The zero-order valence-electron chi connectivity index (χ0n) is 14.2. The minimum Gasteiger partial charge on any atom is -0.359 e. The number of aromatic nitrogens is 3. The Morgan fingerprint density at radius 3 is 2.92 bits per heavy atom. The van der Waals surface area contributed by atoms with E-state index < -0.39 is 0 Å². The summed E-state index contributed by atoms with van der Waals surface area (Å²) in [5.74, 6) is 0.134. The average molecular weight is 360 g/mol. The first kappa shape index (κ1) is 17.5. The van der Waals surface area contributed by atoms with E-state index in [4.69, 9.17) is 0 Å². The second-order valence-corrected chi connectivity index (χ2v) is 6.56. The zero-order chi connectivity index (χ0) is 16.7. The molecular formula is C18H22ClN5O. The number of carbonyl (C=O) groups is 1. The first-order valence-electron chi connectivity index (χ1n) is 8.19. The molecule has 0 bridgehead atoms. The minimum atomic E-state index is -0.0853. The van der Waals surface area contributed by atoms with Gasteiger partial charge in [-0.15, -0.1) is 12.4 Å². The number of rotatable bonds is 3. The second-order valence-electron chi connectivity index (χ2n) is 6.56. The lowest BCUT2D eigenvalue weighted by Gasteiger charge is -2.17. The van der Waals surface area contributed by atoms with Crippen LogP contribution in [0.25, 0.3) is 10.9 Å². The zero-order valence-corrected chi connectivity index (χ0v) is 15.1. The Labute approximate surface area is 152 Å². The molecule has 3 aromatic rings. The van der Waals surface area contributed by atoms with Crippen molar-refractivity contribution in [1.29, 1.82) is 0 Å². The van der Waals surface area contributed by atoms with E-state index >= 15 is 0 Å². The van der Waals surface area contributed by atoms with Crippen molar-refractivity contribution < 1.29 is 4.79 Å². The van der Waals surface area contributed by atoms with Crippen LogP contribution in [0.3, 0.4) is 0 Å². The van der Waals surface area contributed by atoms with Crippen LogP contribution in [0.2, 0.25) is 0 Å². The van der Waals surface area contributed by atoms with Crippen molar-refractivity contribution in [3.05, 3.63) is 47.9 Å². The smallest absolute Gasteiger partial charge is 0.229 e. The lowest BCUT2D eigenvalue weighted by molar-refractivity contribution is -0.119. The van der Waals surface area contributed by atoms with E-state index in [2.05, 4.69) is 26.8 Å². The highest BCUT2D eigenvalue weighted by molar-refractivity contribution is 5.96. The molecule has 0 aliphatic carbocycles. The minimum absolute atomic E-state index is 0. The third-order valence-electron chi connectivity index (χ3n) is 4.73. The molecule has 2 aromatic heterocycles. The van der Waals surface area contributed by atoms with Crippen LogP contribution in [0.5, 0.6) is 0 Å². The number of halogens is 1. The Balaban J connectivity index is 0.00000182. The number of hydrogen-bond donors (Lipinski definition) is 3. The molecule has 3 N–H and O–H groups in total. The molecule has 1 aliphatic heterocycles. The highest BCUT2D eigenvalue weighted by Crippen LogP contribution is 2.29. The molecule has 1 amide bonds. The van der Waals surface area contributed by atoms with Gasteiger partial charge in [0.05, 0.1) is 12.1 Å². The Hall–Kier alpha value is -2.31. The summed E-state index contributed by atoms with van der Waals surface area (Å²) in [4.78, 5) is 16.1. The summed E-state index contributed by atoms with van der Waals surface area (Å²) in [7, 11) is 1.90. The van der Waals surface area contributed by atoms with Crippen molar-refractivity contribution in [2.45, 2.75) is 12.8 Å². The highest BCUT2D eigenvalue weighted by Gasteiger charge is 2.34. The molecular weight excluding hydrogens is 338 g/mol. The number of nitrogens with one attached hydrogen (secondary N) is 3. The van der Waals surface area contributed by atoms with Crippen molar-refractivity contribution in [2.24, 2.45) is 13.0 Å². The predicted octanol–water partition coefficient (Wildman–Crippen LogP) is 2.57. The van der Waals surface area contributed by atoms with Gasteiger partial charge in [-0.1, -0.05) is 0 Å². The lowest BCUT2D eigenvalue weighted by atomic mass is 9.90. The maximum atomic E-state index is 12.8. The standard InChI is InChI=1S/C18H21N5O.ClH/c1-11-5-12-6-14(3-4-17(12)21-11)22-18(24)16-9-19-8-15(16)13-7-20-23(2)10-13;/h3-7,10,15-16,19,21H,8-9H2,1-2H3,(H,22,24);1H/t15-,16+;/m1./s1. The first-order valence-corrected chi connectivity index (χ1v) is 8.19. The van der Waals surface area contributed by atoms with Crippen LogP contribution in [0.15, 0.2) is 36.7 Å². The Morgan fingerprint density at radius 2 is 2.16 bits per heavy atom. The fourth-order valence-corrected chi connectivity index (χ4v) is 3.53. The molecule has 0 unspecified atom stereocenters. The summed E-state index contributed by atoms with van der Waals surface area (Å²) in [6.45, 7) is 3.53. The molecule has 25 heavy (non-hydrogen) atoms. The number of fused-ring (bicyclic) bond motifs is 1. The molecule has 1 fully saturated rings. The molecule has 0 spiro atoms. The highest BCUT2D eigenvalue weighted by atomic mass is 35.5. The summed E-state index contributed by atoms with van der Waals surface area (Å²) in [6, 6.07) is 8.04. The number of amides is 1. The number of H-pyrrole nitrogens is 1. The number of aryl methyl sites for hydroxylation is 2. The molecule has 7 heteroatoms. The molecule has 3 heterocycles. The lowest BCUT2D eigenvalue weighted by Crippen LogP contribution is -2.28. The Bertz CT molecular complexity index is 900. The third-order valence-corrected chi connectivity index (χ3v) is 4.73. The van der Waals surface area contributed by atoms with Crippen molar-refractivity contribution in [3.8, 4) is 0 Å². The predicted molar refractivity (Wildman–Crippen MR) is 101 cm³/mol. The van der Waals surface area contributed by atoms with Gasteiger partial charge < -0.3 is 15.6 Å². The van der Waals surface area contributed by atoms with Gasteiger partial charge in [-0.05, 0) is 36.8 Å². The SMILES string of the molecule is Cc1cc2cc(NC(=O)[C@H]3CNC[C@@H]3c3cnn(C)c3)ccc2[nH]1.Cl. The van der Waals surface area contributed by atoms with Gasteiger partial charge in [0.2, 0.25) is 5.91 Å². The van der Waals surface area contributed by atoms with Crippen molar-refractivity contribution >= 4 is 34.9 Å². The van der Waals surface area contributed by atoms with Gasteiger partial charge >= 0.3 is 0 Å². The summed E-state index contributed by atoms with van der Waals surface area (Å²) in [5, 5.41) is 11.7. The van der Waals surface area contributed by atoms with E-state index in [0.29, 0.717) is 6.54 Å². The molecule has 1 saturated heterocycles. The number of hydrogen-bond acceptors (Lipinski definition) is 3. The van der Waals surface area contributed by atoms with Gasteiger partial charge in [-0.2, -0.15) is 5.10 Å². The molecule has 4 rings (SSSR count). The number of aromatic amines is 1. The van der Waals surface area contributed by atoms with Crippen molar-refractivity contribution in [2.75, 3.05) is 18.4 Å². The van der Waals surface area contributed by atoms with Gasteiger partial charge in [-0.3, -0.25) is 9.48 Å². The van der Waals surface area contributed by atoms with Gasteiger partial charge in [0, 0.05) is 54.5 Å². The fraction of sp³-hybridized carbons (Fsp3) is 0.333. The molecule has 1 aromatic carbocycles. The van der Waals surface area contributed by atoms with Crippen LogP contribution in [0.4, 0.5) is 5.69 Å². The fourth-order valence-electron chi connectivity index (χ4n) is 3.53. The molecule has 0 radical (unpaired) electrons. The Kier molecular flexibility index (Phi) is 4.83. The first-order chi connectivity index (χ1) is 11.6. The summed E-state index contributed by atoms with van der Waals surface area (Å²) in [6.07, 6.45) is 3.85. The number of anilines is 1. The van der Waals surface area contributed by atoms with E-state index in [-0.39, 0.29) is 30.2 Å². The van der Waals surface area contributed by atoms with E-state index in [0.717, 1.165) is 34.4 Å². The average Bonchev–Trinajstić information content (AvgIpc) is 3.24. The number of carbonyl (C=O) groups excluding carboxylic acids is 1.